The van der Waals surface area contributed by atoms with Gasteiger partial charge in [-0.05, 0) is 92.3 Å². The molecule has 0 amide bonds. The van der Waals surface area contributed by atoms with Crippen LogP contribution in [-0.2, 0) is 4.79 Å². The van der Waals surface area contributed by atoms with E-state index in [-0.39, 0.29) is 12.0 Å². The molecular weight excluding hydrogens is 372 g/mol. The lowest BCUT2D eigenvalue weighted by atomic mass is 9.46. The molecule has 0 heterocycles. The Morgan fingerprint density at radius 1 is 1.10 bits per heavy atom. The van der Waals surface area contributed by atoms with Crippen LogP contribution < -0.4 is 0 Å². The highest BCUT2D eigenvalue weighted by Crippen LogP contribution is 2.67. The average molecular weight is 417 g/mol. The molecule has 0 spiro atoms. The number of carboxylic acid groups (broad SMARTS) is 1. The van der Waals surface area contributed by atoms with Crippen molar-refractivity contribution in [3.8, 4) is 0 Å². The van der Waals surface area contributed by atoms with Gasteiger partial charge in [-0.3, -0.25) is 4.79 Å². The van der Waals surface area contributed by atoms with Gasteiger partial charge in [0.1, 0.15) is 0 Å². The zero-order chi connectivity index (χ0) is 21.7. The summed E-state index contributed by atoms with van der Waals surface area (Å²) in [6.45, 7) is 9.70. The van der Waals surface area contributed by atoms with E-state index in [0.29, 0.717) is 36.5 Å². The highest BCUT2D eigenvalue weighted by Gasteiger charge is 2.62. The van der Waals surface area contributed by atoms with E-state index in [9.17, 15) is 15.0 Å². The van der Waals surface area contributed by atoms with Gasteiger partial charge in [0.25, 0.3) is 0 Å². The van der Waals surface area contributed by atoms with Gasteiger partial charge in [0, 0.05) is 0 Å². The van der Waals surface area contributed by atoms with Gasteiger partial charge >= 0.3 is 5.97 Å². The molecule has 8 atom stereocenters. The number of carboxylic acids is 1. The van der Waals surface area contributed by atoms with Crippen LogP contribution in [0.3, 0.4) is 0 Å². The summed E-state index contributed by atoms with van der Waals surface area (Å²) in [4.78, 5) is 12.7. The third kappa shape index (κ3) is 3.48. The van der Waals surface area contributed by atoms with Crippen molar-refractivity contribution in [3.63, 3.8) is 0 Å². The van der Waals surface area contributed by atoms with Crippen molar-refractivity contribution in [1.29, 1.82) is 0 Å². The summed E-state index contributed by atoms with van der Waals surface area (Å²) in [7, 11) is 0. The Morgan fingerprint density at radius 2 is 1.87 bits per heavy atom. The van der Waals surface area contributed by atoms with Crippen molar-refractivity contribution in [1.82, 2.24) is 0 Å². The number of aliphatic hydroxyl groups is 1. The van der Waals surface area contributed by atoms with Gasteiger partial charge in [-0.2, -0.15) is 0 Å². The van der Waals surface area contributed by atoms with Gasteiger partial charge in [0.05, 0.1) is 11.5 Å². The maximum Gasteiger partial charge on any atom is 0.314 e. The second-order valence-corrected chi connectivity index (χ2v) is 12.0. The molecule has 3 saturated carbocycles. The fraction of sp³-hybridized carbons (Fsp3) is 0.889. The first-order valence-electron chi connectivity index (χ1n) is 12.8. The molecule has 4 rings (SSSR count). The third-order valence-corrected chi connectivity index (χ3v) is 10.2. The summed E-state index contributed by atoms with van der Waals surface area (Å²) < 4.78 is 0. The molecule has 0 aliphatic heterocycles. The average Bonchev–Trinajstić information content (AvgIpc) is 3.04. The molecule has 0 bridgehead atoms. The molecule has 0 saturated heterocycles. The molecule has 170 valence electrons. The summed E-state index contributed by atoms with van der Waals surface area (Å²) in [5, 5.41) is 20.6. The SMILES string of the molecule is CC(C)CCC[C@@H](C)[C@H]1CC[C@H]2[C@@H]3CC=C4C[C@@H](O)CC[C@]4(C(=O)O)[C@H]3CC[C@]12C. The number of aliphatic hydroxyl groups excluding tert-OH is 1. The van der Waals surface area contributed by atoms with Crippen molar-refractivity contribution in [2.24, 2.45) is 46.3 Å². The molecule has 3 fully saturated rings. The van der Waals surface area contributed by atoms with Crippen LogP contribution in [0.25, 0.3) is 0 Å². The molecule has 0 aromatic carbocycles. The molecule has 3 heteroatoms. The molecule has 0 aromatic heterocycles. The standard InChI is InChI=1S/C27H44O3/c1-17(2)6-5-7-18(3)22-10-11-23-21-9-8-19-16-20(28)12-15-27(19,25(29)30)24(21)13-14-26(22,23)4/h8,17-18,20-24,28H,5-7,9-16H2,1-4H3,(H,29,30)/t18-,20+,21+,22-,23+,24+,26-,27-/m1/s1. The molecule has 2 N–H and O–H groups in total. The Labute approximate surface area is 183 Å². The van der Waals surface area contributed by atoms with Crippen molar-refractivity contribution < 1.29 is 15.0 Å². The third-order valence-electron chi connectivity index (χ3n) is 10.2. The topological polar surface area (TPSA) is 57.5 Å². The van der Waals surface area contributed by atoms with Gasteiger partial charge in [-0.1, -0.05) is 58.6 Å². The summed E-state index contributed by atoms with van der Waals surface area (Å²) in [5.74, 6) is 3.23. The molecule has 30 heavy (non-hydrogen) atoms. The summed E-state index contributed by atoms with van der Waals surface area (Å²) in [5.41, 5.74) is 0.748. The van der Waals surface area contributed by atoms with E-state index in [1.165, 1.54) is 38.5 Å². The van der Waals surface area contributed by atoms with Crippen LogP contribution in [0.15, 0.2) is 11.6 Å². The number of aliphatic carboxylic acids is 1. The molecule has 4 aliphatic rings. The molecule has 3 nitrogen and oxygen atoms in total. The van der Waals surface area contributed by atoms with Gasteiger partial charge in [0.15, 0.2) is 0 Å². The molecule has 0 unspecified atom stereocenters. The van der Waals surface area contributed by atoms with Gasteiger partial charge in [-0.25, -0.2) is 0 Å². The normalized spacial score (nSPS) is 44.1. The van der Waals surface area contributed by atoms with E-state index in [4.69, 9.17) is 0 Å². The van der Waals surface area contributed by atoms with E-state index in [0.717, 1.165) is 36.2 Å². The van der Waals surface area contributed by atoms with E-state index >= 15 is 0 Å². The van der Waals surface area contributed by atoms with Gasteiger partial charge < -0.3 is 10.2 Å². The van der Waals surface area contributed by atoms with E-state index < -0.39 is 11.4 Å². The Kier molecular flexibility index (Phi) is 6.16. The zero-order valence-corrected chi connectivity index (χ0v) is 19.7. The highest BCUT2D eigenvalue weighted by molar-refractivity contribution is 5.80. The second kappa shape index (κ2) is 8.26. The number of hydrogen-bond acceptors (Lipinski definition) is 2. The van der Waals surface area contributed by atoms with Crippen LogP contribution >= 0.6 is 0 Å². The first-order valence-corrected chi connectivity index (χ1v) is 12.8. The molecular formula is C27H44O3. The smallest absolute Gasteiger partial charge is 0.314 e. The quantitative estimate of drug-likeness (QED) is 0.489. The summed E-state index contributed by atoms with van der Waals surface area (Å²) in [6.07, 6.45) is 13.7. The zero-order valence-electron chi connectivity index (χ0n) is 19.7. The molecule has 4 aliphatic carbocycles. The van der Waals surface area contributed by atoms with Crippen molar-refractivity contribution in [2.45, 2.75) is 104 Å². The maximum atomic E-state index is 12.7. The van der Waals surface area contributed by atoms with Crippen LogP contribution in [0.1, 0.15) is 98.3 Å². The monoisotopic (exact) mass is 416 g/mol. The summed E-state index contributed by atoms with van der Waals surface area (Å²) in [6, 6.07) is 0. The van der Waals surface area contributed by atoms with Crippen molar-refractivity contribution in [3.05, 3.63) is 11.6 Å². The van der Waals surface area contributed by atoms with Crippen LogP contribution in [0, 0.1) is 46.3 Å². The second-order valence-electron chi connectivity index (χ2n) is 12.0. The largest absolute Gasteiger partial charge is 0.481 e. The van der Waals surface area contributed by atoms with Crippen LogP contribution in [0.4, 0.5) is 0 Å². The fourth-order valence-electron chi connectivity index (χ4n) is 8.72. The van der Waals surface area contributed by atoms with E-state index in [1.54, 1.807) is 0 Å². The first kappa shape index (κ1) is 22.4. The van der Waals surface area contributed by atoms with Gasteiger partial charge in [-0.15, -0.1) is 0 Å². The van der Waals surface area contributed by atoms with Crippen LogP contribution in [-0.4, -0.2) is 22.3 Å². The minimum atomic E-state index is -0.690. The number of carbonyl (C=O) groups is 1. The predicted octanol–water partition coefficient (Wildman–Crippen LogP) is 6.45. The Morgan fingerprint density at radius 3 is 2.57 bits per heavy atom. The van der Waals surface area contributed by atoms with E-state index in [2.05, 4.69) is 33.8 Å². The minimum absolute atomic E-state index is 0.274. The van der Waals surface area contributed by atoms with Crippen LogP contribution in [0.5, 0.6) is 0 Å². The number of fused-ring (bicyclic) bond motifs is 5. The van der Waals surface area contributed by atoms with Crippen molar-refractivity contribution >= 4 is 5.97 Å². The number of rotatable bonds is 6. The predicted molar refractivity (Wildman–Crippen MR) is 121 cm³/mol. The summed E-state index contributed by atoms with van der Waals surface area (Å²) >= 11 is 0. The fourth-order valence-corrected chi connectivity index (χ4v) is 8.72. The lowest BCUT2D eigenvalue weighted by Crippen LogP contribution is -2.54. The maximum absolute atomic E-state index is 12.7. The molecule has 0 radical (unpaired) electrons. The van der Waals surface area contributed by atoms with Crippen molar-refractivity contribution in [2.75, 3.05) is 0 Å². The first-order chi connectivity index (χ1) is 14.2. The Hall–Kier alpha value is -0.830. The van der Waals surface area contributed by atoms with Gasteiger partial charge in [0.2, 0.25) is 0 Å². The minimum Gasteiger partial charge on any atom is -0.481 e. The van der Waals surface area contributed by atoms with Crippen LogP contribution in [0.2, 0.25) is 0 Å². The Balaban J connectivity index is 1.55. The number of allylic oxidation sites excluding steroid dienone is 1. The number of hydrogen-bond donors (Lipinski definition) is 2. The molecule has 0 aromatic rings. The lowest BCUT2D eigenvalue weighted by Gasteiger charge is -2.57. The Bertz CT molecular complexity index is 682. The van der Waals surface area contributed by atoms with E-state index in [1.807, 2.05) is 0 Å². The highest BCUT2D eigenvalue weighted by atomic mass is 16.4. The lowest BCUT2D eigenvalue weighted by molar-refractivity contribution is -0.160.